The third-order valence-corrected chi connectivity index (χ3v) is 7.16. The van der Waals surface area contributed by atoms with Crippen molar-refractivity contribution in [2.24, 2.45) is 0 Å². The molecule has 2 heterocycles. The first-order valence-corrected chi connectivity index (χ1v) is 11.2. The van der Waals surface area contributed by atoms with Gasteiger partial charge in [0.05, 0.1) is 28.1 Å². The van der Waals surface area contributed by atoms with E-state index in [1.807, 2.05) is 0 Å². The summed E-state index contributed by atoms with van der Waals surface area (Å²) in [6.07, 6.45) is -2.36. The number of anilines is 1. The average molecular weight is 448 g/mol. The molecule has 1 aromatic carbocycles. The van der Waals surface area contributed by atoms with Gasteiger partial charge in [-0.15, -0.1) is 0 Å². The van der Waals surface area contributed by atoms with Crippen LogP contribution in [0.1, 0.15) is 53.0 Å². The topological polar surface area (TPSA) is 81.1 Å². The minimum atomic E-state index is -4.65. The zero-order valence-corrected chi connectivity index (χ0v) is 16.6. The summed E-state index contributed by atoms with van der Waals surface area (Å²) in [7, 11) is -3.13. The number of carbonyl (C=O) groups is 1. The smallest absolute Gasteiger partial charge is 0.321 e. The first-order valence-electron chi connectivity index (χ1n) is 9.01. The summed E-state index contributed by atoms with van der Waals surface area (Å²) in [5.41, 5.74) is -0.265. The number of rotatable bonds is 4. The molecule has 1 saturated heterocycles. The van der Waals surface area contributed by atoms with Crippen molar-refractivity contribution in [3.05, 3.63) is 46.2 Å². The van der Waals surface area contributed by atoms with Crippen molar-refractivity contribution in [2.75, 3.05) is 16.8 Å². The third-order valence-electron chi connectivity index (χ3n) is 5.08. The number of sulfone groups is 1. The monoisotopic (exact) mass is 447 g/mol. The Morgan fingerprint density at radius 1 is 1.21 bits per heavy atom. The van der Waals surface area contributed by atoms with E-state index < -0.39 is 32.5 Å². The molecule has 6 nitrogen and oxygen atoms in total. The number of halogens is 4. The van der Waals surface area contributed by atoms with Crippen LogP contribution in [0.5, 0.6) is 0 Å². The second-order valence-electron chi connectivity index (χ2n) is 7.38. The quantitative estimate of drug-likeness (QED) is 0.766. The summed E-state index contributed by atoms with van der Waals surface area (Å²) in [5, 5.41) is 6.25. The molecule has 4 rings (SSSR count). The lowest BCUT2D eigenvalue weighted by molar-refractivity contribution is -0.137. The number of benzene rings is 1. The van der Waals surface area contributed by atoms with Gasteiger partial charge in [0.1, 0.15) is 0 Å². The van der Waals surface area contributed by atoms with Crippen LogP contribution < -0.4 is 5.32 Å². The first kappa shape index (κ1) is 20.2. The second-order valence-corrected chi connectivity index (χ2v) is 10.0. The summed E-state index contributed by atoms with van der Waals surface area (Å²) in [6, 6.07) is 4.38. The van der Waals surface area contributed by atoms with E-state index in [0.29, 0.717) is 6.42 Å². The van der Waals surface area contributed by atoms with Crippen LogP contribution in [0.3, 0.4) is 0 Å². The molecule has 1 saturated carbocycles. The molecule has 0 unspecified atom stereocenters. The zero-order valence-electron chi connectivity index (χ0n) is 15.0. The highest BCUT2D eigenvalue weighted by molar-refractivity contribution is 7.91. The molecule has 0 spiro atoms. The molecule has 1 amide bonds. The number of amides is 1. The predicted octanol–water partition coefficient (Wildman–Crippen LogP) is 4.04. The summed E-state index contributed by atoms with van der Waals surface area (Å²) in [6.45, 7) is 0. The Kier molecular flexibility index (Phi) is 4.89. The van der Waals surface area contributed by atoms with Crippen molar-refractivity contribution in [3.63, 3.8) is 0 Å². The number of hydrogen-bond acceptors (Lipinski definition) is 4. The molecule has 1 atom stereocenters. The van der Waals surface area contributed by atoms with Gasteiger partial charge >= 0.3 is 6.18 Å². The first-order chi connectivity index (χ1) is 13.5. The number of aromatic nitrogens is 2. The molecule has 1 aromatic heterocycles. The average Bonchev–Trinajstić information content (AvgIpc) is 3.26. The van der Waals surface area contributed by atoms with Crippen LogP contribution in [0.2, 0.25) is 5.02 Å². The Morgan fingerprint density at radius 3 is 2.52 bits per heavy atom. The number of carbonyl (C=O) groups excluding carboxylic acids is 1. The fourth-order valence-electron chi connectivity index (χ4n) is 3.48. The maximum Gasteiger partial charge on any atom is 0.417 e. The van der Waals surface area contributed by atoms with Gasteiger partial charge < -0.3 is 5.32 Å². The van der Waals surface area contributed by atoms with Gasteiger partial charge in [0.2, 0.25) is 0 Å². The normalized spacial score (nSPS) is 21.3. The fourth-order valence-corrected chi connectivity index (χ4v) is 5.40. The van der Waals surface area contributed by atoms with Crippen LogP contribution in [0.15, 0.2) is 24.3 Å². The number of nitrogens with zero attached hydrogens (tertiary/aromatic N) is 2. The highest BCUT2D eigenvalue weighted by atomic mass is 35.5. The predicted molar refractivity (Wildman–Crippen MR) is 101 cm³/mol. The Balaban J connectivity index is 1.59. The molecule has 156 valence electrons. The fraction of sp³-hybridized carbons (Fsp3) is 0.444. The zero-order chi connectivity index (χ0) is 21.0. The van der Waals surface area contributed by atoms with Crippen molar-refractivity contribution in [2.45, 2.75) is 37.4 Å². The Hall–Kier alpha value is -2.07. The van der Waals surface area contributed by atoms with Gasteiger partial charge in [-0.25, -0.2) is 8.42 Å². The van der Waals surface area contributed by atoms with Crippen molar-refractivity contribution in [3.8, 4) is 0 Å². The molecule has 29 heavy (non-hydrogen) atoms. The number of alkyl halides is 3. The molecule has 1 aliphatic heterocycles. The van der Waals surface area contributed by atoms with E-state index >= 15 is 0 Å². The van der Waals surface area contributed by atoms with E-state index in [1.54, 1.807) is 10.7 Å². The summed E-state index contributed by atoms with van der Waals surface area (Å²) in [4.78, 5) is 12.6. The molecular weight excluding hydrogens is 431 g/mol. The van der Waals surface area contributed by atoms with Gasteiger partial charge in [0.15, 0.2) is 15.5 Å². The van der Waals surface area contributed by atoms with Crippen molar-refractivity contribution in [1.29, 1.82) is 0 Å². The highest BCUT2D eigenvalue weighted by Crippen LogP contribution is 2.42. The largest absolute Gasteiger partial charge is 0.417 e. The maximum atomic E-state index is 13.0. The second kappa shape index (κ2) is 7.02. The van der Waals surface area contributed by atoms with Gasteiger partial charge in [-0.3, -0.25) is 9.48 Å². The Morgan fingerprint density at radius 2 is 1.93 bits per heavy atom. The minimum Gasteiger partial charge on any atom is -0.321 e. The molecule has 0 bridgehead atoms. The molecule has 1 aliphatic carbocycles. The van der Waals surface area contributed by atoms with Crippen molar-refractivity contribution >= 4 is 33.0 Å². The lowest BCUT2D eigenvalue weighted by Crippen LogP contribution is -2.17. The van der Waals surface area contributed by atoms with Gasteiger partial charge in [-0.1, -0.05) is 11.6 Å². The minimum absolute atomic E-state index is 0.0262. The van der Waals surface area contributed by atoms with Crippen LogP contribution in [0.25, 0.3) is 0 Å². The summed E-state index contributed by atoms with van der Waals surface area (Å²) >= 11 is 5.60. The van der Waals surface area contributed by atoms with Gasteiger partial charge in [-0.2, -0.15) is 18.3 Å². The SMILES string of the molecule is O=C(Nc1ccc(Cl)c(C(F)(F)F)c1)c1cc(C2CC2)n([C@H]2CCS(=O)(=O)C2)n1. The Labute approximate surface area is 170 Å². The standard InChI is InChI=1S/C18H17ClF3N3O3S/c19-14-4-3-11(7-13(14)18(20,21)22)23-17(26)15-8-16(10-1-2-10)25(24-15)12-5-6-29(27,28)9-12/h3-4,7-8,10,12H,1-2,5-6,9H2,(H,23,26)/t12-/m0/s1. The molecule has 2 aliphatic rings. The van der Waals surface area contributed by atoms with Crippen molar-refractivity contribution in [1.82, 2.24) is 9.78 Å². The molecular formula is C18H17ClF3N3O3S. The number of nitrogens with one attached hydrogen (secondary N) is 1. The van der Waals surface area contributed by atoms with E-state index in [4.69, 9.17) is 11.6 Å². The van der Waals surface area contributed by atoms with E-state index in [-0.39, 0.29) is 34.8 Å². The van der Waals surface area contributed by atoms with E-state index in [9.17, 15) is 26.4 Å². The molecule has 2 fully saturated rings. The van der Waals surface area contributed by atoms with E-state index in [2.05, 4.69) is 10.4 Å². The lowest BCUT2D eigenvalue weighted by Gasteiger charge is -2.12. The summed E-state index contributed by atoms with van der Waals surface area (Å²) in [5.74, 6) is -0.392. The molecule has 2 aromatic rings. The van der Waals surface area contributed by atoms with Gasteiger partial charge in [0, 0.05) is 17.3 Å². The van der Waals surface area contributed by atoms with Crippen LogP contribution in [-0.2, 0) is 16.0 Å². The molecule has 11 heteroatoms. The van der Waals surface area contributed by atoms with Crippen molar-refractivity contribution < 1.29 is 26.4 Å². The van der Waals surface area contributed by atoms with Crippen LogP contribution in [0, 0.1) is 0 Å². The van der Waals surface area contributed by atoms with Crippen LogP contribution >= 0.6 is 11.6 Å². The highest BCUT2D eigenvalue weighted by Gasteiger charge is 2.36. The molecule has 1 N–H and O–H groups in total. The van der Waals surface area contributed by atoms with Crippen LogP contribution in [0.4, 0.5) is 18.9 Å². The maximum absolute atomic E-state index is 13.0. The molecule has 0 radical (unpaired) electrons. The van der Waals surface area contributed by atoms with Gasteiger partial charge in [-0.05, 0) is 43.5 Å². The van der Waals surface area contributed by atoms with E-state index in [0.717, 1.165) is 30.7 Å². The number of hydrogen-bond donors (Lipinski definition) is 1. The van der Waals surface area contributed by atoms with E-state index in [1.165, 1.54) is 6.07 Å². The van der Waals surface area contributed by atoms with Crippen LogP contribution in [-0.4, -0.2) is 35.6 Å². The van der Waals surface area contributed by atoms with Gasteiger partial charge in [0.25, 0.3) is 5.91 Å². The summed E-state index contributed by atoms with van der Waals surface area (Å²) < 4.78 is 64.3. The Bertz CT molecular complexity index is 1080. The third kappa shape index (κ3) is 4.28. The lowest BCUT2D eigenvalue weighted by atomic mass is 10.2.